The normalized spacial score (nSPS) is 15.8. The van der Waals surface area contributed by atoms with E-state index in [2.05, 4.69) is 5.32 Å². The fourth-order valence-corrected chi connectivity index (χ4v) is 2.85. The topological polar surface area (TPSA) is 67.9 Å². The molecule has 3 rings (SSSR count). The lowest BCUT2D eigenvalue weighted by Gasteiger charge is -2.29. The number of anilines is 1. The molecule has 26 heavy (non-hydrogen) atoms. The Morgan fingerprint density at radius 3 is 2.35 bits per heavy atom. The summed E-state index contributed by atoms with van der Waals surface area (Å²) in [5.41, 5.74) is 1.13. The molecule has 0 aromatic heterocycles. The molecule has 0 saturated carbocycles. The van der Waals surface area contributed by atoms with Crippen molar-refractivity contribution in [2.24, 2.45) is 0 Å². The summed E-state index contributed by atoms with van der Waals surface area (Å²) >= 11 is 5.18. The molecule has 0 atom stereocenters. The first-order chi connectivity index (χ1) is 12.5. The van der Waals surface area contributed by atoms with Gasteiger partial charge in [0.25, 0.3) is 11.8 Å². The molecule has 2 aromatic rings. The van der Waals surface area contributed by atoms with E-state index < -0.39 is 11.8 Å². The summed E-state index contributed by atoms with van der Waals surface area (Å²) in [6.07, 6.45) is 1.49. The number of benzene rings is 2. The maximum Gasteiger partial charge on any atom is 0.270 e. The molecule has 2 aromatic carbocycles. The molecule has 132 valence electrons. The van der Waals surface area contributed by atoms with Crippen molar-refractivity contribution < 1.29 is 19.1 Å². The van der Waals surface area contributed by atoms with Crippen molar-refractivity contribution in [2.75, 3.05) is 19.1 Å². The van der Waals surface area contributed by atoms with Crippen molar-refractivity contribution in [1.82, 2.24) is 5.32 Å². The van der Waals surface area contributed by atoms with Gasteiger partial charge in [-0.3, -0.25) is 19.8 Å². The molecule has 1 N–H and O–H groups in total. The number of hydrogen-bond donors (Lipinski definition) is 1. The van der Waals surface area contributed by atoms with Crippen LogP contribution in [0.5, 0.6) is 11.5 Å². The van der Waals surface area contributed by atoms with Crippen LogP contribution in [0.1, 0.15) is 5.56 Å². The lowest BCUT2D eigenvalue weighted by Crippen LogP contribution is -2.54. The fraction of sp³-hybridized carbons (Fsp3) is 0.105. The van der Waals surface area contributed by atoms with Gasteiger partial charge in [-0.25, -0.2) is 0 Å². The van der Waals surface area contributed by atoms with Crippen LogP contribution < -0.4 is 19.7 Å². The largest absolute Gasteiger partial charge is 0.497 e. The van der Waals surface area contributed by atoms with Gasteiger partial charge in [-0.2, -0.15) is 0 Å². The summed E-state index contributed by atoms with van der Waals surface area (Å²) in [5, 5.41) is 2.58. The van der Waals surface area contributed by atoms with Gasteiger partial charge in [0.05, 0.1) is 19.9 Å². The monoisotopic (exact) mass is 368 g/mol. The van der Waals surface area contributed by atoms with Crippen molar-refractivity contribution in [3.05, 3.63) is 59.7 Å². The SMILES string of the molecule is COc1ccc(N2C(=O)/C(=C\c3ccccc3OC)C(=O)NC2=S)cc1. The van der Waals surface area contributed by atoms with Crippen molar-refractivity contribution >= 4 is 40.9 Å². The van der Waals surface area contributed by atoms with E-state index in [1.165, 1.54) is 18.1 Å². The molecular formula is C19H16N2O4S. The minimum Gasteiger partial charge on any atom is -0.497 e. The molecule has 0 radical (unpaired) electrons. The van der Waals surface area contributed by atoms with Crippen LogP contribution in [-0.2, 0) is 9.59 Å². The summed E-state index contributed by atoms with van der Waals surface area (Å²) in [4.78, 5) is 26.5. The maximum atomic E-state index is 12.9. The molecule has 7 heteroatoms. The van der Waals surface area contributed by atoms with Crippen LogP contribution in [0.2, 0.25) is 0 Å². The predicted octanol–water partition coefficient (Wildman–Crippen LogP) is 2.54. The number of amides is 2. The van der Waals surface area contributed by atoms with E-state index in [9.17, 15) is 9.59 Å². The average Bonchev–Trinajstić information content (AvgIpc) is 2.66. The van der Waals surface area contributed by atoms with Gasteiger partial charge in [0, 0.05) is 5.56 Å². The Bertz CT molecular complexity index is 906. The number of carbonyl (C=O) groups excluding carboxylic acids is 2. The number of rotatable bonds is 4. The number of ether oxygens (including phenoxy) is 2. The molecular weight excluding hydrogens is 352 g/mol. The van der Waals surface area contributed by atoms with E-state index in [1.807, 2.05) is 6.07 Å². The Labute approximate surface area is 156 Å². The Morgan fingerprint density at radius 2 is 1.69 bits per heavy atom. The number of carbonyl (C=O) groups is 2. The van der Waals surface area contributed by atoms with Crippen LogP contribution in [-0.4, -0.2) is 31.1 Å². The highest BCUT2D eigenvalue weighted by molar-refractivity contribution is 7.80. The first-order valence-corrected chi connectivity index (χ1v) is 8.14. The minimum absolute atomic E-state index is 0.0288. The summed E-state index contributed by atoms with van der Waals surface area (Å²) in [6.45, 7) is 0. The van der Waals surface area contributed by atoms with E-state index in [0.29, 0.717) is 22.7 Å². The molecule has 0 spiro atoms. The first-order valence-electron chi connectivity index (χ1n) is 7.73. The predicted molar refractivity (Wildman–Crippen MR) is 102 cm³/mol. The first kappa shape index (κ1) is 17.6. The Morgan fingerprint density at radius 1 is 1.00 bits per heavy atom. The Hall–Kier alpha value is -3.19. The van der Waals surface area contributed by atoms with Crippen molar-refractivity contribution in [3.8, 4) is 11.5 Å². The summed E-state index contributed by atoms with van der Waals surface area (Å²) in [5.74, 6) is 0.160. The lowest BCUT2D eigenvalue weighted by molar-refractivity contribution is -0.122. The van der Waals surface area contributed by atoms with E-state index in [4.69, 9.17) is 21.7 Å². The molecule has 1 fully saturated rings. The number of methoxy groups -OCH3 is 2. The molecule has 0 unspecified atom stereocenters. The van der Waals surface area contributed by atoms with E-state index in [1.54, 1.807) is 49.6 Å². The standard InChI is InChI=1S/C19H16N2O4S/c1-24-14-9-7-13(8-10-14)21-18(23)15(17(22)20-19(21)26)11-12-5-3-4-6-16(12)25-2/h3-11H,1-2H3,(H,20,22,26)/b15-11-. The highest BCUT2D eigenvalue weighted by Crippen LogP contribution is 2.26. The van der Waals surface area contributed by atoms with Crippen LogP contribution >= 0.6 is 12.2 Å². The van der Waals surface area contributed by atoms with Gasteiger partial charge in [-0.05, 0) is 48.6 Å². The van der Waals surface area contributed by atoms with Gasteiger partial charge in [0.15, 0.2) is 5.11 Å². The zero-order valence-corrected chi connectivity index (χ0v) is 15.0. The highest BCUT2D eigenvalue weighted by atomic mass is 32.1. The quantitative estimate of drug-likeness (QED) is 0.510. The van der Waals surface area contributed by atoms with E-state index >= 15 is 0 Å². The van der Waals surface area contributed by atoms with E-state index in [-0.39, 0.29) is 10.7 Å². The summed E-state index contributed by atoms with van der Waals surface area (Å²) in [6, 6.07) is 13.9. The Balaban J connectivity index is 2.01. The smallest absolute Gasteiger partial charge is 0.270 e. The second-order valence-electron chi connectivity index (χ2n) is 5.40. The molecule has 2 amide bonds. The van der Waals surface area contributed by atoms with Crippen LogP contribution in [0, 0.1) is 0 Å². The van der Waals surface area contributed by atoms with Crippen LogP contribution in [0.25, 0.3) is 6.08 Å². The average molecular weight is 368 g/mol. The summed E-state index contributed by atoms with van der Waals surface area (Å²) < 4.78 is 10.4. The number of nitrogens with zero attached hydrogens (tertiary/aromatic N) is 1. The molecule has 0 bridgehead atoms. The van der Waals surface area contributed by atoms with Crippen LogP contribution in [0.3, 0.4) is 0 Å². The van der Waals surface area contributed by atoms with Gasteiger partial charge >= 0.3 is 0 Å². The van der Waals surface area contributed by atoms with Gasteiger partial charge in [0.2, 0.25) is 0 Å². The molecule has 6 nitrogen and oxygen atoms in total. The van der Waals surface area contributed by atoms with Crippen LogP contribution in [0.15, 0.2) is 54.1 Å². The minimum atomic E-state index is -0.546. The van der Waals surface area contributed by atoms with Crippen molar-refractivity contribution in [1.29, 1.82) is 0 Å². The Kier molecular flexibility index (Phi) is 4.99. The van der Waals surface area contributed by atoms with Gasteiger partial charge < -0.3 is 9.47 Å². The molecule has 1 heterocycles. The fourth-order valence-electron chi connectivity index (χ4n) is 2.56. The van der Waals surface area contributed by atoms with Gasteiger partial charge in [0.1, 0.15) is 17.1 Å². The van der Waals surface area contributed by atoms with Crippen molar-refractivity contribution in [3.63, 3.8) is 0 Å². The third-order valence-electron chi connectivity index (χ3n) is 3.87. The van der Waals surface area contributed by atoms with E-state index in [0.717, 1.165) is 0 Å². The number of thiocarbonyl (C=S) groups is 1. The molecule has 1 aliphatic rings. The third kappa shape index (κ3) is 3.29. The maximum absolute atomic E-state index is 12.9. The molecule has 0 aliphatic carbocycles. The molecule has 1 saturated heterocycles. The lowest BCUT2D eigenvalue weighted by atomic mass is 10.1. The molecule has 1 aliphatic heterocycles. The van der Waals surface area contributed by atoms with Gasteiger partial charge in [-0.1, -0.05) is 18.2 Å². The second kappa shape index (κ2) is 7.37. The third-order valence-corrected chi connectivity index (χ3v) is 4.16. The number of para-hydroxylation sites is 1. The van der Waals surface area contributed by atoms with Crippen molar-refractivity contribution in [2.45, 2.75) is 0 Å². The highest BCUT2D eigenvalue weighted by Gasteiger charge is 2.34. The number of hydrogen-bond acceptors (Lipinski definition) is 5. The zero-order chi connectivity index (χ0) is 18.7. The summed E-state index contributed by atoms with van der Waals surface area (Å²) in [7, 11) is 3.08. The zero-order valence-electron chi connectivity index (χ0n) is 14.2. The van der Waals surface area contributed by atoms with Gasteiger partial charge in [-0.15, -0.1) is 0 Å². The van der Waals surface area contributed by atoms with Crippen LogP contribution in [0.4, 0.5) is 5.69 Å². The second-order valence-corrected chi connectivity index (χ2v) is 5.78. The number of nitrogens with one attached hydrogen (secondary N) is 1.